The zero-order valence-corrected chi connectivity index (χ0v) is 27.7. The molecule has 3 unspecified atom stereocenters. The minimum atomic E-state index is 0.0794. The lowest BCUT2D eigenvalue weighted by Crippen LogP contribution is -2.30. The molecule has 4 heterocycles. The lowest BCUT2D eigenvalue weighted by atomic mass is 9.97. The second kappa shape index (κ2) is 12.0. The topological polar surface area (TPSA) is 53.9 Å². The van der Waals surface area contributed by atoms with Crippen molar-refractivity contribution in [2.24, 2.45) is 11.8 Å². The Balaban J connectivity index is 0.00000160. The molecule has 1 saturated carbocycles. The number of rotatable bonds is 4. The maximum absolute atomic E-state index is 5.23. The van der Waals surface area contributed by atoms with Crippen LogP contribution < -0.4 is 10.2 Å². The molecule has 1 fully saturated rings. The molecule has 10 rings (SSSR count). The van der Waals surface area contributed by atoms with Gasteiger partial charge in [0.15, 0.2) is 11.6 Å². The average molecular weight is 636 g/mol. The van der Waals surface area contributed by atoms with Crippen LogP contribution in [-0.2, 0) is 0 Å². The number of hydrogen-bond donors (Lipinski definition) is 1. The molecule has 0 saturated heterocycles. The van der Waals surface area contributed by atoms with E-state index < -0.39 is 0 Å². The van der Waals surface area contributed by atoms with Crippen LogP contribution in [0.1, 0.15) is 32.3 Å². The van der Waals surface area contributed by atoms with E-state index in [0.29, 0.717) is 11.8 Å². The molecule has 2 aromatic heterocycles. The smallest absolute Gasteiger partial charge is 0.160 e. The molecule has 4 aliphatic rings. The fourth-order valence-electron chi connectivity index (χ4n) is 7.50. The Labute approximate surface area is 287 Å². The molecule has 0 bridgehead atoms. The molecule has 5 nitrogen and oxygen atoms in total. The van der Waals surface area contributed by atoms with Crippen molar-refractivity contribution < 1.29 is 0 Å². The molecular formula is C44H37N5. The van der Waals surface area contributed by atoms with Gasteiger partial charge in [-0.2, -0.15) is 0 Å². The quantitative estimate of drug-likeness (QED) is 0.195. The number of fused-ring (bicyclic) bond motifs is 7. The second-order valence-corrected chi connectivity index (χ2v) is 12.8. The largest absolute Gasteiger partial charge is 0.358 e. The van der Waals surface area contributed by atoms with Gasteiger partial charge in [0.1, 0.15) is 6.17 Å². The van der Waals surface area contributed by atoms with Crippen molar-refractivity contribution in [3.8, 4) is 33.9 Å². The lowest BCUT2D eigenvalue weighted by Gasteiger charge is -2.21. The minimum absolute atomic E-state index is 0.0794. The van der Waals surface area contributed by atoms with Crippen LogP contribution in [0.2, 0.25) is 0 Å². The van der Waals surface area contributed by atoms with Crippen molar-refractivity contribution in [2.75, 3.05) is 10.2 Å². The van der Waals surface area contributed by atoms with Crippen molar-refractivity contribution in [1.82, 2.24) is 15.0 Å². The lowest BCUT2D eigenvalue weighted by molar-refractivity contribution is 0.896. The van der Waals surface area contributed by atoms with E-state index in [1.807, 2.05) is 19.9 Å². The molecule has 1 N–H and O–H groups in total. The third-order valence-corrected chi connectivity index (χ3v) is 9.99. The van der Waals surface area contributed by atoms with Gasteiger partial charge >= 0.3 is 0 Å². The Bertz CT molecular complexity index is 2350. The molecule has 6 aromatic rings. The second-order valence-electron chi connectivity index (χ2n) is 12.8. The Morgan fingerprint density at radius 1 is 0.653 bits per heavy atom. The van der Waals surface area contributed by atoms with Crippen molar-refractivity contribution >= 4 is 38.8 Å². The summed E-state index contributed by atoms with van der Waals surface area (Å²) in [6, 6.07) is 34.4. The maximum atomic E-state index is 5.23. The molecule has 2 aliphatic heterocycles. The number of nitrogens with one attached hydrogen (secondary N) is 1. The van der Waals surface area contributed by atoms with Crippen LogP contribution in [-0.4, -0.2) is 21.1 Å². The summed E-state index contributed by atoms with van der Waals surface area (Å²) >= 11 is 0. The number of pyridine rings is 1. The minimum Gasteiger partial charge on any atom is -0.358 e. The van der Waals surface area contributed by atoms with E-state index in [9.17, 15) is 0 Å². The van der Waals surface area contributed by atoms with Gasteiger partial charge in [0.25, 0.3) is 0 Å². The van der Waals surface area contributed by atoms with Gasteiger partial charge in [-0.25, -0.2) is 15.0 Å². The number of hydrogen-bond acceptors (Lipinski definition) is 5. The van der Waals surface area contributed by atoms with Crippen LogP contribution in [0.15, 0.2) is 140 Å². The summed E-state index contributed by atoms with van der Waals surface area (Å²) in [5.41, 5.74) is 9.90. The van der Waals surface area contributed by atoms with Gasteiger partial charge in [0, 0.05) is 39.0 Å². The molecule has 2 aliphatic carbocycles. The van der Waals surface area contributed by atoms with Crippen molar-refractivity contribution in [3.63, 3.8) is 0 Å². The predicted octanol–water partition coefficient (Wildman–Crippen LogP) is 10.8. The van der Waals surface area contributed by atoms with Gasteiger partial charge in [-0.1, -0.05) is 129 Å². The van der Waals surface area contributed by atoms with Gasteiger partial charge < -0.3 is 10.2 Å². The Morgan fingerprint density at radius 3 is 2.12 bits per heavy atom. The van der Waals surface area contributed by atoms with Gasteiger partial charge in [-0.3, -0.25) is 0 Å². The fourth-order valence-corrected chi connectivity index (χ4v) is 7.50. The first kappa shape index (κ1) is 29.3. The highest BCUT2D eigenvalue weighted by Gasteiger charge is 2.38. The monoisotopic (exact) mass is 635 g/mol. The molecule has 5 heteroatoms. The normalized spacial score (nSPS) is 19.7. The number of allylic oxidation sites excluding steroid dienone is 6. The van der Waals surface area contributed by atoms with E-state index in [4.69, 9.17) is 15.0 Å². The number of nitrogens with zero attached hydrogens (tertiary/aromatic N) is 4. The zero-order valence-electron chi connectivity index (χ0n) is 27.7. The zero-order chi connectivity index (χ0) is 32.9. The van der Waals surface area contributed by atoms with Gasteiger partial charge in [-0.05, 0) is 54.0 Å². The third-order valence-electron chi connectivity index (χ3n) is 9.99. The summed E-state index contributed by atoms with van der Waals surface area (Å²) in [5, 5.41) is 7.01. The summed E-state index contributed by atoms with van der Waals surface area (Å²) in [5.74, 6) is 3.06. The molecule has 238 valence electrons. The first-order valence-electron chi connectivity index (χ1n) is 17.5. The first-order valence-corrected chi connectivity index (χ1v) is 17.5. The van der Waals surface area contributed by atoms with E-state index in [1.54, 1.807) is 0 Å². The number of benzene rings is 4. The van der Waals surface area contributed by atoms with Gasteiger partial charge in [0.05, 0.1) is 22.6 Å². The van der Waals surface area contributed by atoms with Gasteiger partial charge in [-0.15, -0.1) is 0 Å². The van der Waals surface area contributed by atoms with Crippen LogP contribution in [0.3, 0.4) is 0 Å². The molecule has 3 atom stereocenters. The summed E-state index contributed by atoms with van der Waals surface area (Å²) < 4.78 is 0. The Morgan fingerprint density at radius 2 is 1.33 bits per heavy atom. The standard InChI is InChI=1S/C42H31N5.C2H6/c1-2-10-31(35-25-30(35)9-1)26-16-18-28(19-17-26)39-34-13-5-6-14-36(34)43-41(45-39)29-22-20-27(21-23-29)38-32-11-3-4-12-33(32)40-42(46-38)47-24-8-7-15-37(47)44-40;1-2/h1,3-24,30,35,37,44H,2,25H2;1-2H3. The molecule has 4 aromatic carbocycles. The molecule has 0 amide bonds. The van der Waals surface area contributed by atoms with Crippen LogP contribution >= 0.6 is 0 Å². The van der Waals surface area contributed by atoms with E-state index >= 15 is 0 Å². The van der Waals surface area contributed by atoms with E-state index in [1.165, 1.54) is 22.9 Å². The van der Waals surface area contributed by atoms with Gasteiger partial charge in [0.2, 0.25) is 0 Å². The first-order chi connectivity index (χ1) is 24.3. The number of anilines is 2. The van der Waals surface area contributed by atoms with E-state index in [0.717, 1.165) is 68.1 Å². The Kier molecular flexibility index (Phi) is 7.19. The number of aromatic nitrogens is 3. The highest BCUT2D eigenvalue weighted by Crippen LogP contribution is 2.50. The van der Waals surface area contributed by atoms with Crippen LogP contribution in [0.5, 0.6) is 0 Å². The SMILES string of the molecule is C1=CC2Nc3c(nc(-c4ccc(-c5nc(-c6ccc(C7=CCC=CC8CC78)cc6)c6ccccc6n5)cc4)c4ccccc34)N2C=C1.CC. The predicted molar refractivity (Wildman–Crippen MR) is 204 cm³/mol. The summed E-state index contributed by atoms with van der Waals surface area (Å²) in [4.78, 5) is 17.6. The third kappa shape index (κ3) is 5.05. The van der Waals surface area contributed by atoms with E-state index in [2.05, 4.69) is 144 Å². The fraction of sp³-hybridized carbons (Fsp3) is 0.159. The Hall–Kier alpha value is -5.81. The highest BCUT2D eigenvalue weighted by molar-refractivity contribution is 6.07. The summed E-state index contributed by atoms with van der Waals surface area (Å²) in [6.45, 7) is 4.00. The van der Waals surface area contributed by atoms with Crippen LogP contribution in [0.4, 0.5) is 11.5 Å². The highest BCUT2D eigenvalue weighted by atomic mass is 15.4. The average Bonchev–Trinajstić information content (AvgIpc) is 3.88. The number of para-hydroxylation sites is 1. The van der Waals surface area contributed by atoms with Crippen LogP contribution in [0.25, 0.3) is 61.2 Å². The van der Waals surface area contributed by atoms with Crippen LogP contribution in [0, 0.1) is 11.8 Å². The van der Waals surface area contributed by atoms with Crippen molar-refractivity contribution in [1.29, 1.82) is 0 Å². The summed E-state index contributed by atoms with van der Waals surface area (Å²) in [7, 11) is 0. The molecule has 0 radical (unpaired) electrons. The maximum Gasteiger partial charge on any atom is 0.160 e. The van der Waals surface area contributed by atoms with E-state index in [-0.39, 0.29) is 6.17 Å². The van der Waals surface area contributed by atoms with Crippen molar-refractivity contribution in [2.45, 2.75) is 32.9 Å². The molecule has 49 heavy (non-hydrogen) atoms. The van der Waals surface area contributed by atoms with Crippen molar-refractivity contribution in [3.05, 3.63) is 145 Å². The summed E-state index contributed by atoms with van der Waals surface area (Å²) in [6.07, 6.45) is 17.9. The molecule has 0 spiro atoms. The molecular weight excluding hydrogens is 599 g/mol.